The number of ketones is 1. The topological polar surface area (TPSA) is 141 Å². The maximum atomic E-state index is 14.1. The van der Waals surface area contributed by atoms with Gasteiger partial charge in [0.15, 0.2) is 22.8 Å². The van der Waals surface area contributed by atoms with E-state index in [9.17, 15) is 24.6 Å². The van der Waals surface area contributed by atoms with E-state index in [-0.39, 0.29) is 24.9 Å². The van der Waals surface area contributed by atoms with Crippen molar-refractivity contribution in [3.05, 3.63) is 11.6 Å². The second-order valence-corrected chi connectivity index (χ2v) is 18.3. The van der Waals surface area contributed by atoms with Crippen molar-refractivity contribution >= 4 is 17.7 Å². The number of epoxide rings is 1. The SMILES string of the molecule is CCCCCCCCCCCCCC(=O)O[C@@H]1[C@@H](C)[C@@]2(O)[C@H]([C@@H]3C(C)(C)[C@]13OC(=O)[C@@H](C)CC)[C@@H]1O[C@@]13COC(C)(C)O[C@H]3[C@]1(O)C(=O)C(C)=C[C@H]12. The zero-order valence-corrected chi connectivity index (χ0v) is 33.3. The first-order chi connectivity index (χ1) is 24.4. The molecule has 4 aliphatic carbocycles. The number of carbonyl (C=O) groups excluding carboxylic acids is 3. The van der Waals surface area contributed by atoms with Crippen LogP contribution in [0.1, 0.15) is 146 Å². The van der Waals surface area contributed by atoms with Gasteiger partial charge in [0.05, 0.1) is 24.2 Å². The fourth-order valence-corrected chi connectivity index (χ4v) is 11.0. The Balaban J connectivity index is 1.28. The molecule has 3 saturated carbocycles. The zero-order chi connectivity index (χ0) is 38.1. The Labute approximate surface area is 311 Å². The molecule has 6 rings (SSSR count). The summed E-state index contributed by atoms with van der Waals surface area (Å²) in [4.78, 5) is 41.6. The number of fused-ring (bicyclic) bond motifs is 7. The number of hydrogen-bond acceptors (Lipinski definition) is 10. The summed E-state index contributed by atoms with van der Waals surface area (Å²) in [5, 5.41) is 26.1. The molecular weight excluding hydrogens is 664 g/mol. The first-order valence-electron chi connectivity index (χ1n) is 20.5. The summed E-state index contributed by atoms with van der Waals surface area (Å²) in [6.07, 6.45) is 12.4. The highest BCUT2D eigenvalue weighted by molar-refractivity contribution is 6.05. The predicted molar refractivity (Wildman–Crippen MR) is 194 cm³/mol. The van der Waals surface area contributed by atoms with E-state index >= 15 is 0 Å². The second-order valence-electron chi connectivity index (χ2n) is 18.3. The van der Waals surface area contributed by atoms with E-state index in [1.807, 2.05) is 27.7 Å². The minimum Gasteiger partial charge on any atom is -0.458 e. The van der Waals surface area contributed by atoms with E-state index in [1.165, 1.54) is 44.9 Å². The summed E-state index contributed by atoms with van der Waals surface area (Å²) in [5.41, 5.74) is -6.83. The number of esters is 2. The van der Waals surface area contributed by atoms with E-state index in [2.05, 4.69) is 6.92 Å². The normalized spacial score (nSPS) is 42.3. The van der Waals surface area contributed by atoms with Crippen LogP contribution < -0.4 is 0 Å². The number of ether oxygens (including phenoxy) is 5. The second kappa shape index (κ2) is 14.0. The van der Waals surface area contributed by atoms with Crippen molar-refractivity contribution in [2.24, 2.45) is 35.0 Å². The number of carbonyl (C=O) groups is 3. The van der Waals surface area contributed by atoms with Crippen molar-refractivity contribution < 1.29 is 48.3 Å². The van der Waals surface area contributed by atoms with E-state index in [0.29, 0.717) is 18.4 Å². The predicted octanol–water partition coefficient (Wildman–Crippen LogP) is 6.76. The first-order valence-corrected chi connectivity index (χ1v) is 20.5. The average Bonchev–Trinajstić information content (AvgIpc) is 3.90. The lowest BCUT2D eigenvalue weighted by atomic mass is 9.58. The molecule has 0 bridgehead atoms. The third-order valence-electron chi connectivity index (χ3n) is 14.3. The van der Waals surface area contributed by atoms with Crippen LogP contribution in [0, 0.1) is 35.0 Å². The molecular formula is C42H66O10. The van der Waals surface area contributed by atoms with Gasteiger partial charge in [-0.3, -0.25) is 14.4 Å². The molecule has 0 amide bonds. The first kappa shape index (κ1) is 39.8. The molecule has 1 spiro atoms. The maximum absolute atomic E-state index is 14.1. The van der Waals surface area contributed by atoms with Crippen LogP contribution in [0.15, 0.2) is 11.6 Å². The van der Waals surface area contributed by atoms with Crippen molar-refractivity contribution in [3.63, 3.8) is 0 Å². The van der Waals surface area contributed by atoms with Crippen LogP contribution in [0.3, 0.4) is 0 Å². The lowest BCUT2D eigenvalue weighted by molar-refractivity contribution is -0.329. The van der Waals surface area contributed by atoms with Gasteiger partial charge in [-0.05, 0) is 39.2 Å². The number of rotatable bonds is 16. The van der Waals surface area contributed by atoms with Gasteiger partial charge in [-0.2, -0.15) is 0 Å². The van der Waals surface area contributed by atoms with Crippen LogP contribution in [-0.2, 0) is 38.1 Å². The fraction of sp³-hybridized carbons (Fsp3) is 0.881. The lowest BCUT2D eigenvalue weighted by Gasteiger charge is -2.54. The molecule has 10 heteroatoms. The molecule has 2 aliphatic heterocycles. The molecule has 12 atom stereocenters. The average molecular weight is 731 g/mol. The summed E-state index contributed by atoms with van der Waals surface area (Å²) < 4.78 is 32.1. The molecule has 0 aromatic heterocycles. The van der Waals surface area contributed by atoms with Crippen LogP contribution in [0.4, 0.5) is 0 Å². The third kappa shape index (κ3) is 5.95. The van der Waals surface area contributed by atoms with E-state index in [0.717, 1.165) is 19.3 Å². The number of hydrogen-bond donors (Lipinski definition) is 2. The van der Waals surface area contributed by atoms with Crippen LogP contribution >= 0.6 is 0 Å². The van der Waals surface area contributed by atoms with Gasteiger partial charge in [0.25, 0.3) is 0 Å². The van der Waals surface area contributed by atoms with Gasteiger partial charge in [0, 0.05) is 35.5 Å². The fourth-order valence-electron chi connectivity index (χ4n) is 11.0. The molecule has 2 heterocycles. The maximum Gasteiger partial charge on any atom is 0.309 e. The Hall–Kier alpha value is -1.85. The highest BCUT2D eigenvalue weighted by Crippen LogP contribution is 2.80. The highest BCUT2D eigenvalue weighted by atomic mass is 16.8. The Morgan fingerprint density at radius 1 is 0.942 bits per heavy atom. The molecule has 5 fully saturated rings. The van der Waals surface area contributed by atoms with Crippen molar-refractivity contribution in [3.8, 4) is 0 Å². The Kier molecular flexibility index (Phi) is 10.7. The zero-order valence-electron chi connectivity index (χ0n) is 33.3. The molecule has 294 valence electrons. The summed E-state index contributed by atoms with van der Waals surface area (Å²) in [5.74, 6) is -5.97. The minimum atomic E-state index is -2.16. The van der Waals surface area contributed by atoms with Crippen LogP contribution in [0.25, 0.3) is 0 Å². The monoisotopic (exact) mass is 730 g/mol. The smallest absolute Gasteiger partial charge is 0.309 e. The molecule has 0 radical (unpaired) electrons. The molecule has 0 aromatic carbocycles. The van der Waals surface area contributed by atoms with Gasteiger partial charge in [-0.1, -0.05) is 112 Å². The van der Waals surface area contributed by atoms with Crippen LogP contribution in [0.2, 0.25) is 0 Å². The minimum absolute atomic E-state index is 0.0574. The van der Waals surface area contributed by atoms with Crippen molar-refractivity contribution in [2.75, 3.05) is 6.61 Å². The van der Waals surface area contributed by atoms with Crippen molar-refractivity contribution in [1.82, 2.24) is 0 Å². The molecule has 10 nitrogen and oxygen atoms in total. The van der Waals surface area contributed by atoms with Gasteiger partial charge in [-0.25, -0.2) is 0 Å². The van der Waals surface area contributed by atoms with E-state index in [4.69, 9.17) is 23.7 Å². The summed E-state index contributed by atoms with van der Waals surface area (Å²) in [7, 11) is 0. The molecule has 2 saturated heterocycles. The van der Waals surface area contributed by atoms with Gasteiger partial charge in [0.1, 0.15) is 17.8 Å². The van der Waals surface area contributed by atoms with Crippen molar-refractivity contribution in [1.29, 1.82) is 0 Å². The van der Waals surface area contributed by atoms with Crippen LogP contribution in [-0.4, -0.2) is 81.0 Å². The van der Waals surface area contributed by atoms with E-state index < -0.39 is 87.3 Å². The number of aliphatic hydroxyl groups is 2. The van der Waals surface area contributed by atoms with Crippen molar-refractivity contribution in [2.45, 2.75) is 192 Å². The molecule has 6 aliphatic rings. The van der Waals surface area contributed by atoms with Gasteiger partial charge >= 0.3 is 11.9 Å². The third-order valence-corrected chi connectivity index (χ3v) is 14.3. The van der Waals surface area contributed by atoms with Gasteiger partial charge < -0.3 is 33.9 Å². The summed E-state index contributed by atoms with van der Waals surface area (Å²) in [6.45, 7) is 16.9. The standard InChI is InChI=1S/C42H66O10/c1-10-12-13-14-15-16-17-18-19-20-21-22-29(43)49-33-27(5)40(46)28-23-26(4)32(44)41(28,47)36-39(24-48-38(8,9)52-36)34(50-39)30(40)31-37(6,7)42(31,33)51-35(45)25(3)11-2/h23,25,27-28,30-31,33-34,36,46-47H,10-22,24H2,1-9H3/t25-,27+,28-,30+,31+,33+,34-,36+,39-,40-,41+,42+/m0/s1. The Morgan fingerprint density at radius 2 is 1.54 bits per heavy atom. The van der Waals surface area contributed by atoms with Gasteiger partial charge in [-0.15, -0.1) is 0 Å². The number of unbranched alkanes of at least 4 members (excludes halogenated alkanes) is 10. The summed E-state index contributed by atoms with van der Waals surface area (Å²) in [6, 6.07) is 0. The molecule has 0 unspecified atom stereocenters. The lowest BCUT2D eigenvalue weighted by Crippen LogP contribution is -2.70. The Bertz CT molecular complexity index is 1420. The number of Topliss-reactive ketones (excluding diaryl/α,β-unsaturated/α-hetero) is 1. The Morgan fingerprint density at radius 3 is 2.13 bits per heavy atom. The highest BCUT2D eigenvalue weighted by Gasteiger charge is 2.94. The van der Waals surface area contributed by atoms with Gasteiger partial charge in [0.2, 0.25) is 0 Å². The molecule has 52 heavy (non-hydrogen) atoms. The largest absolute Gasteiger partial charge is 0.458 e. The van der Waals surface area contributed by atoms with Crippen LogP contribution in [0.5, 0.6) is 0 Å². The molecule has 2 N–H and O–H groups in total. The van der Waals surface area contributed by atoms with E-state index in [1.54, 1.807) is 33.8 Å². The quantitative estimate of drug-likeness (QED) is 0.0995. The molecule has 0 aromatic rings. The summed E-state index contributed by atoms with van der Waals surface area (Å²) >= 11 is 0.